The van der Waals surface area contributed by atoms with Gasteiger partial charge in [-0.2, -0.15) is 0 Å². The number of hydrogen-bond donors (Lipinski definition) is 3. The summed E-state index contributed by atoms with van der Waals surface area (Å²) in [5.41, 5.74) is 5.58. The summed E-state index contributed by atoms with van der Waals surface area (Å²) in [6.07, 6.45) is 3.11. The number of hydrogen-bond acceptors (Lipinski definition) is 6. The molecule has 2 fully saturated rings. The van der Waals surface area contributed by atoms with Crippen molar-refractivity contribution in [3.63, 3.8) is 0 Å². The number of anilines is 1. The van der Waals surface area contributed by atoms with Crippen LogP contribution in [0.1, 0.15) is 31.7 Å². The third kappa shape index (κ3) is 3.10. The van der Waals surface area contributed by atoms with E-state index in [0.717, 1.165) is 38.0 Å². The summed E-state index contributed by atoms with van der Waals surface area (Å²) < 4.78 is 5.90. The summed E-state index contributed by atoms with van der Waals surface area (Å²) in [6.45, 7) is 4.48. The molecule has 4 N–H and O–H groups in total. The molecule has 1 aromatic heterocycles. The van der Waals surface area contributed by atoms with Crippen molar-refractivity contribution in [3.8, 4) is 0 Å². The molecule has 22 heavy (non-hydrogen) atoms. The van der Waals surface area contributed by atoms with Crippen molar-refractivity contribution in [1.29, 1.82) is 0 Å². The molecule has 6 nitrogen and oxygen atoms in total. The molecule has 1 aromatic rings. The number of nitrogen functional groups attached to an aromatic ring is 1. The van der Waals surface area contributed by atoms with Crippen LogP contribution < -0.4 is 5.73 Å². The van der Waals surface area contributed by atoms with Gasteiger partial charge in [0, 0.05) is 37.8 Å². The van der Waals surface area contributed by atoms with Crippen molar-refractivity contribution in [2.75, 3.05) is 25.4 Å². The van der Waals surface area contributed by atoms with E-state index in [2.05, 4.69) is 9.88 Å². The first-order valence-electron chi connectivity index (χ1n) is 7.86. The smallest absolute Gasteiger partial charge is 0.127 e. The maximum atomic E-state index is 10.3. The molecule has 3 heterocycles. The minimum atomic E-state index is -1.06. The third-order valence-corrected chi connectivity index (χ3v) is 5.03. The highest BCUT2D eigenvalue weighted by Gasteiger charge is 2.48. The van der Waals surface area contributed by atoms with E-state index >= 15 is 0 Å². The predicted molar refractivity (Wildman–Crippen MR) is 83.1 cm³/mol. The van der Waals surface area contributed by atoms with Gasteiger partial charge >= 0.3 is 0 Å². The summed E-state index contributed by atoms with van der Waals surface area (Å²) in [5.74, 6) is 0.586. The van der Waals surface area contributed by atoms with Crippen LogP contribution in [0.3, 0.4) is 0 Å². The first-order chi connectivity index (χ1) is 10.4. The van der Waals surface area contributed by atoms with E-state index in [-0.39, 0.29) is 12.2 Å². The van der Waals surface area contributed by atoms with Crippen molar-refractivity contribution >= 4 is 5.82 Å². The third-order valence-electron chi connectivity index (χ3n) is 5.03. The Morgan fingerprint density at radius 2 is 2.18 bits per heavy atom. The van der Waals surface area contributed by atoms with E-state index in [9.17, 15) is 10.2 Å². The molecular weight excluding hydrogens is 282 g/mol. The largest absolute Gasteiger partial charge is 0.388 e. The number of aliphatic hydroxyl groups is 2. The molecule has 3 rings (SSSR count). The summed E-state index contributed by atoms with van der Waals surface area (Å²) in [6, 6.07) is 3.91. The van der Waals surface area contributed by atoms with E-state index in [1.165, 1.54) is 0 Å². The molecule has 6 heteroatoms. The second kappa shape index (κ2) is 5.77. The van der Waals surface area contributed by atoms with Crippen LogP contribution in [-0.4, -0.2) is 57.1 Å². The monoisotopic (exact) mass is 307 g/mol. The average molecular weight is 307 g/mol. The SMILES string of the molecule is C[C@]1(O)CC2(CCN(Cc3cccnc3N)CC2)OC[C@@H]1O. The second-order valence-corrected chi connectivity index (χ2v) is 6.87. The molecule has 0 radical (unpaired) electrons. The van der Waals surface area contributed by atoms with Crippen LogP contribution in [0.2, 0.25) is 0 Å². The van der Waals surface area contributed by atoms with Gasteiger partial charge in [-0.3, -0.25) is 4.90 Å². The highest BCUT2D eigenvalue weighted by molar-refractivity contribution is 5.38. The van der Waals surface area contributed by atoms with E-state index in [1.807, 2.05) is 12.1 Å². The molecule has 122 valence electrons. The number of ether oxygens (including phenoxy) is 1. The summed E-state index contributed by atoms with van der Waals surface area (Å²) in [7, 11) is 0. The van der Waals surface area contributed by atoms with Crippen molar-refractivity contribution in [2.45, 2.75) is 50.0 Å². The zero-order valence-corrected chi connectivity index (χ0v) is 13.0. The van der Waals surface area contributed by atoms with Gasteiger partial charge in [-0.15, -0.1) is 0 Å². The maximum absolute atomic E-state index is 10.3. The minimum Gasteiger partial charge on any atom is -0.388 e. The van der Waals surface area contributed by atoms with Gasteiger partial charge < -0.3 is 20.7 Å². The number of pyridine rings is 1. The first-order valence-corrected chi connectivity index (χ1v) is 7.86. The lowest BCUT2D eigenvalue weighted by Gasteiger charge is -2.50. The maximum Gasteiger partial charge on any atom is 0.127 e. The van der Waals surface area contributed by atoms with Crippen LogP contribution in [0.25, 0.3) is 0 Å². The van der Waals surface area contributed by atoms with Crippen molar-refractivity contribution in [2.24, 2.45) is 0 Å². The number of aliphatic hydroxyl groups excluding tert-OH is 1. The van der Waals surface area contributed by atoms with Gasteiger partial charge in [0.05, 0.1) is 17.8 Å². The second-order valence-electron chi connectivity index (χ2n) is 6.87. The molecule has 1 spiro atoms. The van der Waals surface area contributed by atoms with E-state index in [0.29, 0.717) is 12.2 Å². The molecule has 2 aliphatic rings. The lowest BCUT2D eigenvalue weighted by atomic mass is 9.76. The molecular formula is C16H25N3O3. The first kappa shape index (κ1) is 15.7. The minimum absolute atomic E-state index is 0.211. The van der Waals surface area contributed by atoms with E-state index < -0.39 is 11.7 Å². The van der Waals surface area contributed by atoms with Crippen LogP contribution in [0.5, 0.6) is 0 Å². The number of aromatic nitrogens is 1. The van der Waals surface area contributed by atoms with E-state index in [4.69, 9.17) is 10.5 Å². The summed E-state index contributed by atoms with van der Waals surface area (Å²) >= 11 is 0. The Hall–Kier alpha value is -1.21. The Morgan fingerprint density at radius 1 is 1.45 bits per heavy atom. The Bertz CT molecular complexity index is 527. The number of piperidine rings is 1. The fourth-order valence-corrected chi connectivity index (χ4v) is 3.52. The van der Waals surface area contributed by atoms with Crippen LogP contribution in [0, 0.1) is 0 Å². The molecule has 0 unspecified atom stereocenters. The molecule has 0 bridgehead atoms. The molecule has 2 saturated heterocycles. The van der Waals surface area contributed by atoms with Crippen LogP contribution in [-0.2, 0) is 11.3 Å². The highest BCUT2D eigenvalue weighted by atomic mass is 16.5. The lowest BCUT2D eigenvalue weighted by molar-refractivity contribution is -0.223. The standard InChI is InChI=1S/C16H25N3O3/c1-15(21)11-16(22-10-13(15)20)4-7-19(8-5-16)9-12-3-2-6-18-14(12)17/h2-3,6,13,20-21H,4-5,7-11H2,1H3,(H2,17,18)/t13-,15-/m0/s1. The Labute approximate surface area is 130 Å². The van der Waals surface area contributed by atoms with Gasteiger partial charge in [0.1, 0.15) is 11.9 Å². The number of nitrogens with two attached hydrogens (primary N) is 1. The number of nitrogens with zero attached hydrogens (tertiary/aromatic N) is 2. The van der Waals surface area contributed by atoms with Gasteiger partial charge in [-0.05, 0) is 25.8 Å². The summed E-state index contributed by atoms with van der Waals surface area (Å²) in [4.78, 5) is 6.46. The quantitative estimate of drug-likeness (QED) is 0.738. The molecule has 0 saturated carbocycles. The summed E-state index contributed by atoms with van der Waals surface area (Å²) in [5, 5.41) is 20.2. The zero-order chi connectivity index (χ0) is 15.8. The van der Waals surface area contributed by atoms with Gasteiger partial charge in [0.2, 0.25) is 0 Å². The van der Waals surface area contributed by atoms with Crippen LogP contribution in [0.4, 0.5) is 5.82 Å². The normalized spacial score (nSPS) is 32.2. The number of rotatable bonds is 2. The van der Waals surface area contributed by atoms with Gasteiger partial charge in [0.15, 0.2) is 0 Å². The Morgan fingerprint density at radius 3 is 2.82 bits per heavy atom. The van der Waals surface area contributed by atoms with Gasteiger partial charge in [0.25, 0.3) is 0 Å². The predicted octanol–water partition coefficient (Wildman–Crippen LogP) is 0.531. The van der Waals surface area contributed by atoms with Crippen molar-refractivity contribution in [1.82, 2.24) is 9.88 Å². The Kier molecular flexibility index (Phi) is 4.11. The lowest BCUT2D eigenvalue weighted by Crippen LogP contribution is -2.59. The fraction of sp³-hybridized carbons (Fsp3) is 0.688. The number of likely N-dealkylation sites (tertiary alicyclic amines) is 1. The Balaban J connectivity index is 1.60. The van der Waals surface area contributed by atoms with Crippen molar-refractivity contribution < 1.29 is 14.9 Å². The van der Waals surface area contributed by atoms with Crippen molar-refractivity contribution in [3.05, 3.63) is 23.9 Å². The highest BCUT2D eigenvalue weighted by Crippen LogP contribution is 2.39. The molecule has 2 aliphatic heterocycles. The van der Waals surface area contributed by atoms with Crippen LogP contribution in [0.15, 0.2) is 18.3 Å². The topological polar surface area (TPSA) is 91.8 Å². The zero-order valence-electron chi connectivity index (χ0n) is 13.0. The molecule has 0 aliphatic carbocycles. The average Bonchev–Trinajstić information content (AvgIpc) is 2.48. The van der Waals surface area contributed by atoms with Gasteiger partial charge in [-0.25, -0.2) is 4.98 Å². The molecule has 0 aromatic carbocycles. The molecule has 0 amide bonds. The fourth-order valence-electron chi connectivity index (χ4n) is 3.52. The van der Waals surface area contributed by atoms with Gasteiger partial charge in [-0.1, -0.05) is 6.07 Å². The van der Waals surface area contributed by atoms with E-state index in [1.54, 1.807) is 13.1 Å². The molecule has 2 atom stereocenters. The van der Waals surface area contributed by atoms with Crippen LogP contribution >= 0.6 is 0 Å².